The number of carbonyl (C=O) groups excluding carboxylic acids is 3. The molecule has 3 aliphatic heterocycles. The number of nitrogens with one attached hydrogen (secondary N) is 2. The number of thiazole rings is 1. The van der Waals surface area contributed by atoms with Gasteiger partial charge in [0.2, 0.25) is 11.8 Å². The van der Waals surface area contributed by atoms with Crippen LogP contribution >= 0.6 is 11.3 Å². The second-order valence-electron chi connectivity index (χ2n) is 8.00. The molecule has 0 unspecified atom stereocenters. The molecule has 0 aromatic carbocycles. The van der Waals surface area contributed by atoms with E-state index in [1.807, 2.05) is 6.08 Å². The van der Waals surface area contributed by atoms with Crippen LogP contribution in [0, 0.1) is 0 Å². The van der Waals surface area contributed by atoms with E-state index in [2.05, 4.69) is 20.6 Å². The van der Waals surface area contributed by atoms with Gasteiger partial charge in [0.25, 0.3) is 0 Å². The summed E-state index contributed by atoms with van der Waals surface area (Å²) in [5, 5.41) is 5.90. The highest BCUT2D eigenvalue weighted by Crippen LogP contribution is 2.38. The number of likely N-dealkylation sites (tertiary alicyclic amines) is 1. The maximum Gasteiger partial charge on any atom is 0.324 e. The minimum absolute atomic E-state index is 0.0430. The number of methoxy groups -OCH3 is 1. The highest BCUT2D eigenvalue weighted by molar-refractivity contribution is 7.22. The van der Waals surface area contributed by atoms with Gasteiger partial charge in [-0.05, 0) is 24.8 Å². The van der Waals surface area contributed by atoms with E-state index in [1.54, 1.807) is 18.2 Å². The largest absolute Gasteiger partial charge is 0.479 e. The van der Waals surface area contributed by atoms with E-state index in [9.17, 15) is 14.4 Å². The van der Waals surface area contributed by atoms with Crippen molar-refractivity contribution in [3.05, 3.63) is 17.8 Å². The molecule has 5 amide bonds. The van der Waals surface area contributed by atoms with Gasteiger partial charge in [0.15, 0.2) is 5.13 Å². The van der Waals surface area contributed by atoms with Crippen molar-refractivity contribution in [2.75, 3.05) is 45.3 Å². The van der Waals surface area contributed by atoms with Gasteiger partial charge < -0.3 is 19.7 Å². The van der Waals surface area contributed by atoms with E-state index < -0.39 is 0 Å². The number of hydrogen-bond acceptors (Lipinski definition) is 8. The lowest BCUT2D eigenvalue weighted by molar-refractivity contribution is -0.127. The minimum atomic E-state index is -0.351. The summed E-state index contributed by atoms with van der Waals surface area (Å²) in [4.78, 5) is 48.7. The average molecular weight is 473 g/mol. The molecule has 0 spiro atoms. The maximum absolute atomic E-state index is 12.9. The number of imide groups is 1. The summed E-state index contributed by atoms with van der Waals surface area (Å²) in [5.74, 6) is 0.197. The third kappa shape index (κ3) is 4.11. The Morgan fingerprint density at radius 2 is 2.15 bits per heavy atom. The van der Waals surface area contributed by atoms with Crippen molar-refractivity contribution in [2.45, 2.75) is 25.3 Å². The molecule has 174 valence electrons. The number of anilines is 1. The first-order valence-corrected chi connectivity index (χ1v) is 11.6. The van der Waals surface area contributed by atoms with Crippen molar-refractivity contribution in [3.63, 3.8) is 0 Å². The third-order valence-corrected chi connectivity index (χ3v) is 7.10. The van der Waals surface area contributed by atoms with Gasteiger partial charge in [-0.25, -0.2) is 19.6 Å². The summed E-state index contributed by atoms with van der Waals surface area (Å²) in [7, 11) is 1.54. The summed E-state index contributed by atoms with van der Waals surface area (Å²) in [6.45, 7) is 2.15. The van der Waals surface area contributed by atoms with Crippen LogP contribution in [0.15, 0.2) is 12.3 Å². The standard InChI is InChI=1S/C21H24N6O5S/c1-31-18-16-17(14(10-22-18)12-4-8-32-9-5-12)33-19(24-16)25-21(30)26-6-2-13(3-7-26)27-15(28)11-23-20(27)29/h4,10,13H,2-3,5-9,11H2,1H3,(H,23,29)(H,24,25,30). The van der Waals surface area contributed by atoms with Gasteiger partial charge >= 0.3 is 12.1 Å². The molecule has 3 aliphatic rings. The Bertz CT molecular complexity index is 1120. The molecule has 2 aromatic rings. The zero-order valence-electron chi connectivity index (χ0n) is 18.1. The summed E-state index contributed by atoms with van der Waals surface area (Å²) >= 11 is 1.38. The number of pyridine rings is 1. The smallest absolute Gasteiger partial charge is 0.324 e. The number of urea groups is 2. The monoisotopic (exact) mass is 472 g/mol. The average Bonchev–Trinajstić information content (AvgIpc) is 3.41. The van der Waals surface area contributed by atoms with E-state index in [1.165, 1.54) is 16.2 Å². The lowest BCUT2D eigenvalue weighted by Gasteiger charge is -2.34. The number of hydrogen-bond donors (Lipinski definition) is 2. The second kappa shape index (κ2) is 8.94. The molecule has 2 N–H and O–H groups in total. The van der Waals surface area contributed by atoms with Crippen molar-refractivity contribution in [3.8, 4) is 5.88 Å². The first-order chi connectivity index (χ1) is 16.0. The Kier molecular flexibility index (Phi) is 5.85. The van der Waals surface area contributed by atoms with Crippen LogP contribution in [-0.4, -0.2) is 83.7 Å². The van der Waals surface area contributed by atoms with Crippen LogP contribution in [0.4, 0.5) is 14.7 Å². The number of rotatable bonds is 4. The number of ether oxygens (including phenoxy) is 2. The molecule has 0 aliphatic carbocycles. The topological polar surface area (TPSA) is 126 Å². The Labute approximate surface area is 193 Å². The van der Waals surface area contributed by atoms with Gasteiger partial charge in [-0.1, -0.05) is 17.4 Å². The molecule has 2 aromatic heterocycles. The number of piperidine rings is 1. The number of carbonyl (C=O) groups is 3. The zero-order chi connectivity index (χ0) is 22.9. The van der Waals surface area contributed by atoms with E-state index in [-0.39, 0.29) is 30.6 Å². The van der Waals surface area contributed by atoms with Crippen LogP contribution in [0.2, 0.25) is 0 Å². The Hall–Kier alpha value is -3.25. The fourth-order valence-corrected chi connectivity index (χ4v) is 5.39. The van der Waals surface area contributed by atoms with Crippen molar-refractivity contribution in [1.82, 2.24) is 25.1 Å². The predicted octanol–water partition coefficient (Wildman–Crippen LogP) is 2.05. The molecule has 5 heterocycles. The van der Waals surface area contributed by atoms with Gasteiger partial charge in [0, 0.05) is 30.9 Å². The van der Waals surface area contributed by atoms with Crippen LogP contribution in [0.25, 0.3) is 15.8 Å². The van der Waals surface area contributed by atoms with Gasteiger partial charge in [0.05, 0.1) is 31.6 Å². The molecule has 0 bridgehead atoms. The molecule has 33 heavy (non-hydrogen) atoms. The van der Waals surface area contributed by atoms with E-state index in [4.69, 9.17) is 9.47 Å². The van der Waals surface area contributed by atoms with Gasteiger partial charge in [0.1, 0.15) is 5.52 Å². The van der Waals surface area contributed by atoms with Gasteiger partial charge in [-0.15, -0.1) is 0 Å². The first-order valence-electron chi connectivity index (χ1n) is 10.8. The number of aromatic nitrogens is 2. The maximum atomic E-state index is 12.9. The zero-order valence-corrected chi connectivity index (χ0v) is 18.9. The number of amides is 5. The van der Waals surface area contributed by atoms with E-state index in [0.29, 0.717) is 55.7 Å². The first kappa shape index (κ1) is 21.6. The summed E-state index contributed by atoms with van der Waals surface area (Å²) in [6, 6.07) is -0.795. The molecular formula is C21H24N6O5S. The highest BCUT2D eigenvalue weighted by atomic mass is 32.1. The SMILES string of the molecule is COc1ncc(C2=CCOCC2)c2sc(NC(=O)N3CCC(N4C(=O)CNC4=O)CC3)nc12. The second-order valence-corrected chi connectivity index (χ2v) is 9.00. The van der Waals surface area contributed by atoms with Gasteiger partial charge in [-0.3, -0.25) is 15.0 Å². The minimum Gasteiger partial charge on any atom is -0.479 e. The van der Waals surface area contributed by atoms with Crippen molar-refractivity contribution in [1.29, 1.82) is 0 Å². The molecule has 5 rings (SSSR count). The Balaban J connectivity index is 1.30. The molecule has 11 nitrogen and oxygen atoms in total. The molecule has 2 saturated heterocycles. The normalized spacial score (nSPS) is 19.6. The number of nitrogens with zero attached hydrogens (tertiary/aromatic N) is 4. The van der Waals surface area contributed by atoms with E-state index in [0.717, 1.165) is 22.3 Å². The summed E-state index contributed by atoms with van der Waals surface area (Å²) in [6.07, 6.45) is 5.70. The van der Waals surface area contributed by atoms with Crippen molar-refractivity contribution < 1.29 is 23.9 Å². The van der Waals surface area contributed by atoms with E-state index >= 15 is 0 Å². The molecule has 0 saturated carbocycles. The van der Waals surface area contributed by atoms with Crippen LogP contribution < -0.4 is 15.4 Å². The van der Waals surface area contributed by atoms with Gasteiger partial charge in [-0.2, -0.15) is 0 Å². The fraction of sp³-hybridized carbons (Fsp3) is 0.476. The molecule has 2 fully saturated rings. The highest BCUT2D eigenvalue weighted by Gasteiger charge is 2.37. The van der Waals surface area contributed by atoms with Crippen molar-refractivity contribution >= 4 is 50.2 Å². The van der Waals surface area contributed by atoms with Crippen LogP contribution in [0.5, 0.6) is 5.88 Å². The van der Waals surface area contributed by atoms with Crippen LogP contribution in [-0.2, 0) is 9.53 Å². The molecular weight excluding hydrogens is 448 g/mol. The summed E-state index contributed by atoms with van der Waals surface area (Å²) in [5.41, 5.74) is 2.73. The lowest BCUT2D eigenvalue weighted by atomic mass is 10.0. The third-order valence-electron chi connectivity index (χ3n) is 6.10. The van der Waals surface area contributed by atoms with Crippen molar-refractivity contribution in [2.24, 2.45) is 0 Å². The van der Waals surface area contributed by atoms with Crippen LogP contribution in [0.3, 0.4) is 0 Å². The fourth-order valence-electron chi connectivity index (χ4n) is 4.40. The van der Waals surface area contributed by atoms with Crippen LogP contribution in [0.1, 0.15) is 24.8 Å². The number of fused-ring (bicyclic) bond motifs is 1. The predicted molar refractivity (Wildman–Crippen MR) is 121 cm³/mol. The lowest BCUT2D eigenvalue weighted by Crippen LogP contribution is -2.49. The Morgan fingerprint density at radius 1 is 1.33 bits per heavy atom. The molecule has 12 heteroatoms. The molecule has 0 atom stereocenters. The Morgan fingerprint density at radius 3 is 2.82 bits per heavy atom. The summed E-state index contributed by atoms with van der Waals surface area (Å²) < 4.78 is 11.7. The quantitative estimate of drug-likeness (QED) is 0.652. The molecule has 0 radical (unpaired) electrons.